The second kappa shape index (κ2) is 9.15. The van der Waals surface area contributed by atoms with Crippen molar-refractivity contribution in [2.24, 2.45) is 0 Å². The summed E-state index contributed by atoms with van der Waals surface area (Å²) < 4.78 is 12.2. The van der Waals surface area contributed by atoms with Crippen LogP contribution < -0.4 is 5.43 Å². The molecule has 174 valence electrons. The fourth-order valence-electron chi connectivity index (χ4n) is 3.83. The average Bonchev–Trinajstić information content (AvgIpc) is 3.36. The molecule has 0 aliphatic carbocycles. The molecule has 0 atom stereocenters. The van der Waals surface area contributed by atoms with Crippen LogP contribution in [-0.2, 0) is 11.3 Å². The first kappa shape index (κ1) is 22.5. The number of halogens is 1. The number of aryl methyl sites for hydroxylation is 1. The van der Waals surface area contributed by atoms with E-state index in [-0.39, 0.29) is 23.4 Å². The first-order valence-corrected chi connectivity index (χ1v) is 11.1. The number of carbonyl (C=O) groups is 1. The summed E-state index contributed by atoms with van der Waals surface area (Å²) in [6, 6.07) is 17.6. The Hall–Kier alpha value is -4.30. The molecule has 8 nitrogen and oxygen atoms in total. The minimum absolute atomic E-state index is 0.0810. The molecule has 0 aliphatic heterocycles. The molecule has 0 spiro atoms. The zero-order chi connectivity index (χ0) is 24.5. The van der Waals surface area contributed by atoms with Crippen LogP contribution in [0.15, 0.2) is 76.2 Å². The summed E-state index contributed by atoms with van der Waals surface area (Å²) in [7, 11) is 1.34. The van der Waals surface area contributed by atoms with Crippen LogP contribution in [-0.4, -0.2) is 32.8 Å². The molecular formula is C26H19ClN4O4. The number of nitrogens with zero attached hydrogens (tertiary/aromatic N) is 4. The standard InChI is InChI=1S/C26H19ClN4O4/c1-15-7-12-20-22(32)21(25-29-23(30-35-25)16-8-10-18(27)11-9-16)14-31(24(20)28-15)13-17-5-3-4-6-19(17)26(33)34-2/h3-12,14H,13H2,1-2H3. The van der Waals surface area contributed by atoms with E-state index in [1.165, 1.54) is 7.11 Å². The normalized spacial score (nSPS) is 11.1. The van der Waals surface area contributed by atoms with Gasteiger partial charge >= 0.3 is 5.97 Å². The lowest BCUT2D eigenvalue weighted by atomic mass is 10.1. The molecule has 0 fully saturated rings. The van der Waals surface area contributed by atoms with E-state index in [1.807, 2.05) is 19.1 Å². The van der Waals surface area contributed by atoms with Gasteiger partial charge in [-0.3, -0.25) is 4.79 Å². The fourth-order valence-corrected chi connectivity index (χ4v) is 3.96. The highest BCUT2D eigenvalue weighted by atomic mass is 35.5. The summed E-state index contributed by atoms with van der Waals surface area (Å²) in [5, 5.41) is 5.02. The second-order valence-corrected chi connectivity index (χ2v) is 8.34. The van der Waals surface area contributed by atoms with Crippen molar-refractivity contribution >= 4 is 28.6 Å². The van der Waals surface area contributed by atoms with Crippen LogP contribution in [0.4, 0.5) is 0 Å². The zero-order valence-corrected chi connectivity index (χ0v) is 19.6. The van der Waals surface area contributed by atoms with Crippen LogP contribution in [0, 0.1) is 6.92 Å². The Morgan fingerprint density at radius 3 is 2.60 bits per heavy atom. The lowest BCUT2D eigenvalue weighted by molar-refractivity contribution is 0.0599. The summed E-state index contributed by atoms with van der Waals surface area (Å²) in [6.07, 6.45) is 1.63. The van der Waals surface area contributed by atoms with Crippen molar-refractivity contribution in [3.8, 4) is 22.8 Å². The number of aromatic nitrogens is 4. The molecule has 0 N–H and O–H groups in total. The Morgan fingerprint density at radius 2 is 1.83 bits per heavy atom. The van der Waals surface area contributed by atoms with E-state index in [4.69, 9.17) is 20.9 Å². The topological polar surface area (TPSA) is 100 Å². The molecule has 5 aromatic rings. The predicted octanol–water partition coefficient (Wildman–Crippen LogP) is 4.91. The molecule has 0 saturated heterocycles. The summed E-state index contributed by atoms with van der Waals surface area (Å²) in [5.74, 6) is -0.0296. The third-order valence-corrected chi connectivity index (χ3v) is 5.83. The van der Waals surface area contributed by atoms with Crippen LogP contribution >= 0.6 is 11.6 Å². The summed E-state index contributed by atoms with van der Waals surface area (Å²) in [6.45, 7) is 2.12. The van der Waals surface area contributed by atoms with Gasteiger partial charge in [-0.25, -0.2) is 9.78 Å². The number of pyridine rings is 2. The molecule has 3 heterocycles. The van der Waals surface area contributed by atoms with Crippen molar-refractivity contribution in [3.63, 3.8) is 0 Å². The molecule has 0 radical (unpaired) electrons. The number of rotatable bonds is 5. The van der Waals surface area contributed by atoms with Gasteiger partial charge in [-0.15, -0.1) is 0 Å². The van der Waals surface area contributed by atoms with Crippen LogP contribution in [0.25, 0.3) is 33.9 Å². The molecule has 0 amide bonds. The molecule has 35 heavy (non-hydrogen) atoms. The Morgan fingerprint density at radius 1 is 1.06 bits per heavy atom. The highest BCUT2D eigenvalue weighted by Crippen LogP contribution is 2.24. The largest absolute Gasteiger partial charge is 0.465 e. The number of hydrogen-bond donors (Lipinski definition) is 0. The SMILES string of the molecule is COC(=O)c1ccccc1Cn1cc(-c2nc(-c3ccc(Cl)cc3)no2)c(=O)c2ccc(C)nc21. The number of hydrogen-bond acceptors (Lipinski definition) is 7. The number of esters is 1. The van der Waals surface area contributed by atoms with E-state index < -0.39 is 5.97 Å². The van der Waals surface area contributed by atoms with Crippen LogP contribution in [0.1, 0.15) is 21.6 Å². The predicted molar refractivity (Wildman–Crippen MR) is 131 cm³/mol. The Labute approximate surface area is 204 Å². The Bertz CT molecular complexity index is 1620. The summed E-state index contributed by atoms with van der Waals surface area (Å²) in [5.41, 5.74) is 3.03. The lowest BCUT2D eigenvalue weighted by Gasteiger charge is -2.14. The average molecular weight is 487 g/mol. The van der Waals surface area contributed by atoms with Crippen LogP contribution in [0.2, 0.25) is 5.02 Å². The van der Waals surface area contributed by atoms with E-state index in [1.54, 1.807) is 59.3 Å². The van der Waals surface area contributed by atoms with Gasteiger partial charge in [0.2, 0.25) is 11.3 Å². The van der Waals surface area contributed by atoms with E-state index in [2.05, 4.69) is 15.1 Å². The van der Waals surface area contributed by atoms with Crippen molar-refractivity contribution in [1.82, 2.24) is 19.7 Å². The van der Waals surface area contributed by atoms with Gasteiger partial charge < -0.3 is 13.8 Å². The smallest absolute Gasteiger partial charge is 0.338 e. The number of methoxy groups -OCH3 is 1. The third kappa shape index (κ3) is 4.31. The van der Waals surface area contributed by atoms with Gasteiger partial charge in [0.25, 0.3) is 5.89 Å². The quantitative estimate of drug-likeness (QED) is 0.325. The molecule has 0 saturated carbocycles. The van der Waals surface area contributed by atoms with E-state index in [0.29, 0.717) is 38.6 Å². The van der Waals surface area contributed by atoms with Gasteiger partial charge in [-0.1, -0.05) is 35.0 Å². The van der Waals surface area contributed by atoms with E-state index in [0.717, 1.165) is 5.69 Å². The van der Waals surface area contributed by atoms with Gasteiger partial charge in [0.05, 0.1) is 18.1 Å². The van der Waals surface area contributed by atoms with Crippen molar-refractivity contribution < 1.29 is 14.1 Å². The van der Waals surface area contributed by atoms with Crippen LogP contribution in [0.3, 0.4) is 0 Å². The lowest BCUT2D eigenvalue weighted by Crippen LogP contribution is -2.16. The van der Waals surface area contributed by atoms with Crippen molar-refractivity contribution in [1.29, 1.82) is 0 Å². The zero-order valence-electron chi connectivity index (χ0n) is 18.9. The molecule has 5 rings (SSSR count). The Kier molecular flexibility index (Phi) is 5.88. The van der Waals surface area contributed by atoms with Crippen molar-refractivity contribution in [2.45, 2.75) is 13.5 Å². The minimum atomic E-state index is -0.445. The van der Waals surface area contributed by atoms with E-state index >= 15 is 0 Å². The van der Waals surface area contributed by atoms with Gasteiger partial charge in [-0.05, 0) is 55.0 Å². The van der Waals surface area contributed by atoms with Crippen LogP contribution in [0.5, 0.6) is 0 Å². The fraction of sp³-hybridized carbons (Fsp3) is 0.115. The maximum absolute atomic E-state index is 13.4. The molecular weight excluding hydrogens is 468 g/mol. The van der Waals surface area contributed by atoms with Gasteiger partial charge in [0.1, 0.15) is 11.2 Å². The maximum atomic E-state index is 13.4. The number of fused-ring (bicyclic) bond motifs is 1. The monoisotopic (exact) mass is 486 g/mol. The van der Waals surface area contributed by atoms with Gasteiger partial charge in [0.15, 0.2) is 0 Å². The summed E-state index contributed by atoms with van der Waals surface area (Å²) >= 11 is 5.97. The molecule has 0 unspecified atom stereocenters. The van der Waals surface area contributed by atoms with Crippen molar-refractivity contribution in [3.05, 3.63) is 98.9 Å². The molecule has 3 aromatic heterocycles. The highest BCUT2D eigenvalue weighted by molar-refractivity contribution is 6.30. The van der Waals surface area contributed by atoms with Crippen molar-refractivity contribution in [2.75, 3.05) is 7.11 Å². The van der Waals surface area contributed by atoms with Gasteiger partial charge in [0, 0.05) is 29.0 Å². The molecule has 9 heteroatoms. The van der Waals surface area contributed by atoms with E-state index in [9.17, 15) is 9.59 Å². The highest BCUT2D eigenvalue weighted by Gasteiger charge is 2.19. The second-order valence-electron chi connectivity index (χ2n) is 7.90. The first-order chi connectivity index (χ1) is 16.9. The number of ether oxygens (including phenoxy) is 1. The molecule has 0 aliphatic rings. The Balaban J connectivity index is 1.66. The number of carbonyl (C=O) groups excluding carboxylic acids is 1. The van der Waals surface area contributed by atoms with Gasteiger partial charge in [-0.2, -0.15) is 4.98 Å². The maximum Gasteiger partial charge on any atom is 0.338 e. The minimum Gasteiger partial charge on any atom is -0.465 e. The molecule has 0 bridgehead atoms. The molecule has 2 aromatic carbocycles. The third-order valence-electron chi connectivity index (χ3n) is 5.58. The number of benzene rings is 2. The summed E-state index contributed by atoms with van der Waals surface area (Å²) in [4.78, 5) is 34.7. The first-order valence-electron chi connectivity index (χ1n) is 10.7.